The van der Waals surface area contributed by atoms with Gasteiger partial charge in [-0.05, 0) is 22.9 Å². The van der Waals surface area contributed by atoms with Gasteiger partial charge in [0.2, 0.25) is 0 Å². The van der Waals surface area contributed by atoms with Crippen LogP contribution >= 0.6 is 27.5 Å². The summed E-state index contributed by atoms with van der Waals surface area (Å²) in [4.78, 5) is 10.8. The Balaban J connectivity index is 3.49. The second-order valence-corrected chi connectivity index (χ2v) is 2.93. The summed E-state index contributed by atoms with van der Waals surface area (Å²) in [6, 6.07) is 0. The predicted octanol–water partition coefficient (Wildman–Crippen LogP) is 1.49. The van der Waals surface area contributed by atoms with Crippen LogP contribution in [0.5, 0.6) is 0 Å². The molecule has 0 aliphatic carbocycles. The molecule has 0 amide bonds. The van der Waals surface area contributed by atoms with E-state index in [1.807, 2.05) is 0 Å². The topological polar surface area (TPSA) is 45.8 Å². The number of nitrogens with zero attached hydrogens (tertiary/aromatic N) is 1. The highest BCUT2D eigenvalue weighted by molar-refractivity contribution is 9.10. The molecule has 0 fully saturated rings. The van der Waals surface area contributed by atoms with Gasteiger partial charge in [0.1, 0.15) is 0 Å². The SMILES string of the molecule is Cc1c(Cl)n[nH]c(=O)c1Br. The van der Waals surface area contributed by atoms with Crippen LogP contribution in [0.1, 0.15) is 5.56 Å². The third-order valence-corrected chi connectivity index (χ3v) is 2.42. The molecule has 0 bridgehead atoms. The van der Waals surface area contributed by atoms with Crippen LogP contribution in [-0.4, -0.2) is 10.2 Å². The zero-order valence-electron chi connectivity index (χ0n) is 5.11. The molecule has 10 heavy (non-hydrogen) atoms. The average Bonchev–Trinajstić information content (AvgIpc) is 1.93. The van der Waals surface area contributed by atoms with Gasteiger partial charge in [-0.1, -0.05) is 11.6 Å². The lowest BCUT2D eigenvalue weighted by atomic mass is 10.4. The van der Waals surface area contributed by atoms with Gasteiger partial charge < -0.3 is 0 Å². The molecule has 0 aromatic carbocycles. The predicted molar refractivity (Wildman–Crippen MR) is 42.3 cm³/mol. The standard InChI is InChI=1S/C5H4BrClN2O/c1-2-3(6)5(10)9-8-4(2)7/h1H3,(H,9,10). The van der Waals surface area contributed by atoms with Gasteiger partial charge >= 0.3 is 0 Å². The Kier molecular flexibility index (Phi) is 2.11. The van der Waals surface area contributed by atoms with E-state index in [-0.39, 0.29) is 5.56 Å². The molecule has 0 saturated carbocycles. The Hall–Kier alpha value is -0.350. The van der Waals surface area contributed by atoms with Crippen molar-refractivity contribution < 1.29 is 0 Å². The Labute approximate surface area is 70.5 Å². The summed E-state index contributed by atoms with van der Waals surface area (Å²) in [7, 11) is 0. The molecule has 0 unspecified atom stereocenters. The molecule has 5 heteroatoms. The van der Waals surface area contributed by atoms with E-state index >= 15 is 0 Å². The highest BCUT2D eigenvalue weighted by atomic mass is 79.9. The number of hydrogen-bond donors (Lipinski definition) is 1. The van der Waals surface area contributed by atoms with E-state index in [1.165, 1.54) is 0 Å². The van der Waals surface area contributed by atoms with Crippen LogP contribution < -0.4 is 5.56 Å². The van der Waals surface area contributed by atoms with E-state index in [4.69, 9.17) is 11.6 Å². The minimum absolute atomic E-state index is 0.262. The van der Waals surface area contributed by atoms with Crippen LogP contribution in [0.3, 0.4) is 0 Å². The molecule has 1 aromatic heterocycles. The average molecular weight is 223 g/mol. The van der Waals surface area contributed by atoms with Gasteiger partial charge in [0, 0.05) is 5.56 Å². The molecule has 1 rings (SSSR count). The van der Waals surface area contributed by atoms with Crippen molar-refractivity contribution in [1.29, 1.82) is 0 Å². The summed E-state index contributed by atoms with van der Waals surface area (Å²) in [6.45, 7) is 1.72. The lowest BCUT2D eigenvalue weighted by Crippen LogP contribution is -2.10. The molecule has 0 saturated heterocycles. The van der Waals surface area contributed by atoms with Crippen molar-refractivity contribution in [3.8, 4) is 0 Å². The summed E-state index contributed by atoms with van der Waals surface area (Å²) < 4.78 is 0.438. The van der Waals surface area contributed by atoms with Gasteiger partial charge in [0.15, 0.2) is 5.15 Å². The van der Waals surface area contributed by atoms with E-state index in [0.29, 0.717) is 15.2 Å². The minimum atomic E-state index is -0.262. The fourth-order valence-electron chi connectivity index (χ4n) is 0.494. The molecule has 3 nitrogen and oxygen atoms in total. The van der Waals surface area contributed by atoms with Gasteiger partial charge in [0.05, 0.1) is 4.47 Å². The van der Waals surface area contributed by atoms with Crippen LogP contribution in [0.4, 0.5) is 0 Å². The third kappa shape index (κ3) is 1.22. The maximum Gasteiger partial charge on any atom is 0.278 e. The highest BCUT2D eigenvalue weighted by Gasteiger charge is 2.03. The molecular formula is C5H4BrClN2O. The van der Waals surface area contributed by atoms with Gasteiger partial charge in [-0.2, -0.15) is 5.10 Å². The van der Waals surface area contributed by atoms with Crippen molar-refractivity contribution in [2.75, 3.05) is 0 Å². The smallest absolute Gasteiger partial charge is 0.267 e. The number of halogens is 2. The zero-order chi connectivity index (χ0) is 7.72. The second kappa shape index (κ2) is 2.72. The summed E-state index contributed by atoms with van der Waals surface area (Å²) in [5.74, 6) is 0. The summed E-state index contributed by atoms with van der Waals surface area (Å²) >= 11 is 8.64. The molecule has 0 aliphatic heterocycles. The molecule has 0 aliphatic rings. The van der Waals surface area contributed by atoms with Gasteiger partial charge in [-0.3, -0.25) is 4.79 Å². The van der Waals surface area contributed by atoms with Crippen LogP contribution in [0.25, 0.3) is 0 Å². The van der Waals surface area contributed by atoms with Crippen molar-refractivity contribution in [3.05, 3.63) is 25.5 Å². The molecule has 1 aromatic rings. The molecule has 54 valence electrons. The Bertz CT molecular complexity index is 309. The molecule has 0 atom stereocenters. The fraction of sp³-hybridized carbons (Fsp3) is 0.200. The lowest BCUT2D eigenvalue weighted by Gasteiger charge is -1.95. The second-order valence-electron chi connectivity index (χ2n) is 1.78. The molecular weight excluding hydrogens is 219 g/mol. The first kappa shape index (κ1) is 7.75. The monoisotopic (exact) mass is 222 g/mol. The Morgan fingerprint density at radius 3 is 2.80 bits per heavy atom. The zero-order valence-corrected chi connectivity index (χ0v) is 7.45. The van der Waals surface area contributed by atoms with Crippen molar-refractivity contribution in [2.45, 2.75) is 6.92 Å². The fourth-order valence-corrected chi connectivity index (χ4v) is 1.02. The van der Waals surface area contributed by atoms with Gasteiger partial charge in [-0.15, -0.1) is 0 Å². The summed E-state index contributed by atoms with van der Waals surface area (Å²) in [6.07, 6.45) is 0. The Morgan fingerprint density at radius 1 is 1.70 bits per heavy atom. The van der Waals surface area contributed by atoms with Crippen LogP contribution in [0.2, 0.25) is 5.15 Å². The minimum Gasteiger partial charge on any atom is -0.267 e. The van der Waals surface area contributed by atoms with Crippen molar-refractivity contribution in [3.63, 3.8) is 0 Å². The first-order chi connectivity index (χ1) is 4.63. The van der Waals surface area contributed by atoms with E-state index in [9.17, 15) is 4.79 Å². The van der Waals surface area contributed by atoms with Gasteiger partial charge in [0.25, 0.3) is 5.56 Å². The molecule has 1 heterocycles. The van der Waals surface area contributed by atoms with Crippen molar-refractivity contribution in [2.24, 2.45) is 0 Å². The van der Waals surface area contributed by atoms with Crippen LogP contribution in [-0.2, 0) is 0 Å². The van der Waals surface area contributed by atoms with E-state index in [2.05, 4.69) is 26.1 Å². The van der Waals surface area contributed by atoms with E-state index in [0.717, 1.165) is 0 Å². The first-order valence-corrected chi connectivity index (χ1v) is 3.70. The summed E-state index contributed by atoms with van der Waals surface area (Å²) in [5, 5.41) is 6.07. The van der Waals surface area contributed by atoms with E-state index in [1.54, 1.807) is 6.92 Å². The number of H-pyrrole nitrogens is 1. The molecule has 0 radical (unpaired) electrons. The molecule has 0 spiro atoms. The number of rotatable bonds is 0. The summed E-state index contributed by atoms with van der Waals surface area (Å²) in [5.41, 5.74) is 0.396. The number of aromatic amines is 1. The van der Waals surface area contributed by atoms with E-state index < -0.39 is 0 Å². The van der Waals surface area contributed by atoms with Crippen LogP contribution in [0.15, 0.2) is 9.27 Å². The normalized spacial score (nSPS) is 9.90. The van der Waals surface area contributed by atoms with Gasteiger partial charge in [-0.25, -0.2) is 5.10 Å². The number of aromatic nitrogens is 2. The largest absolute Gasteiger partial charge is 0.278 e. The highest BCUT2D eigenvalue weighted by Crippen LogP contribution is 2.15. The Morgan fingerprint density at radius 2 is 2.30 bits per heavy atom. The number of hydrogen-bond acceptors (Lipinski definition) is 2. The quantitative estimate of drug-likeness (QED) is 0.724. The maximum atomic E-state index is 10.8. The third-order valence-electron chi connectivity index (χ3n) is 1.09. The lowest BCUT2D eigenvalue weighted by molar-refractivity contribution is 0.963. The first-order valence-electron chi connectivity index (χ1n) is 2.53. The molecule has 1 N–H and O–H groups in total. The maximum absolute atomic E-state index is 10.8. The number of nitrogens with one attached hydrogen (secondary N) is 1. The van der Waals surface area contributed by atoms with Crippen LogP contribution in [0, 0.1) is 6.92 Å². The van der Waals surface area contributed by atoms with Crippen molar-refractivity contribution in [1.82, 2.24) is 10.2 Å². The van der Waals surface area contributed by atoms with Crippen molar-refractivity contribution >= 4 is 27.5 Å².